The molecule has 2 rings (SSSR count). The summed E-state index contributed by atoms with van der Waals surface area (Å²) in [6.07, 6.45) is 6.47. The van der Waals surface area contributed by atoms with E-state index in [2.05, 4.69) is 63.6 Å². The van der Waals surface area contributed by atoms with E-state index in [0.29, 0.717) is 12.9 Å². The number of ether oxygens (including phenoxy) is 1. The van der Waals surface area contributed by atoms with E-state index in [1.54, 1.807) is 7.11 Å². The summed E-state index contributed by atoms with van der Waals surface area (Å²) >= 11 is 0. The molecule has 0 radical (unpaired) electrons. The zero-order valence-electron chi connectivity index (χ0n) is 17.0. The highest BCUT2D eigenvalue weighted by atomic mass is 16.7. The summed E-state index contributed by atoms with van der Waals surface area (Å²) in [5, 5.41) is 2.26. The Bertz CT molecular complexity index is 538. The Kier molecular flexibility index (Phi) is 9.20. The Labute approximate surface area is 159 Å². The van der Waals surface area contributed by atoms with E-state index >= 15 is 0 Å². The lowest BCUT2D eigenvalue weighted by molar-refractivity contribution is -0.316. The molecule has 0 saturated carbocycles. The third kappa shape index (κ3) is 6.04. The highest BCUT2D eigenvalue weighted by Crippen LogP contribution is 2.42. The molecule has 0 aromatic heterocycles. The minimum Gasteiger partial charge on any atom is -0.382 e. The fourth-order valence-electron chi connectivity index (χ4n) is 3.56. The lowest BCUT2D eigenvalue weighted by Gasteiger charge is -2.53. The van der Waals surface area contributed by atoms with Crippen LogP contribution in [0.4, 0.5) is 0 Å². The van der Waals surface area contributed by atoms with Crippen molar-refractivity contribution >= 4 is 6.29 Å². The number of nitrogens with zero attached hydrogens (tertiary/aromatic N) is 1. The molecule has 1 fully saturated rings. The predicted octanol–water partition coefficient (Wildman–Crippen LogP) is 5.11. The molecule has 4 nitrogen and oxygen atoms in total. The Balaban J connectivity index is 0.000000765. The van der Waals surface area contributed by atoms with Crippen LogP contribution in [0, 0.1) is 0 Å². The zero-order chi connectivity index (χ0) is 19.6. The Hall–Kier alpha value is -1.49. The van der Waals surface area contributed by atoms with Gasteiger partial charge >= 0.3 is 0 Å². The summed E-state index contributed by atoms with van der Waals surface area (Å²) in [4.78, 5) is 15.6. The predicted molar refractivity (Wildman–Crippen MR) is 107 cm³/mol. The Morgan fingerprint density at radius 2 is 1.85 bits per heavy atom. The number of methoxy groups -OCH3 is 1. The molecule has 4 heteroatoms. The van der Waals surface area contributed by atoms with Gasteiger partial charge in [-0.25, -0.2) is 0 Å². The molecule has 1 saturated heterocycles. The van der Waals surface area contributed by atoms with Crippen LogP contribution in [0.15, 0.2) is 43.0 Å². The first-order chi connectivity index (χ1) is 12.3. The molecule has 146 valence electrons. The molecular weight excluding hydrogens is 326 g/mol. The highest BCUT2D eigenvalue weighted by molar-refractivity contribution is 5.63. The minimum atomic E-state index is -0.0607. The number of carbonyl (C=O) groups excluding carboxylic acids is 1. The van der Waals surface area contributed by atoms with Crippen LogP contribution in [-0.2, 0) is 14.4 Å². The minimum absolute atomic E-state index is 0.0454. The number of benzene rings is 1. The van der Waals surface area contributed by atoms with Crippen molar-refractivity contribution in [2.45, 2.75) is 70.6 Å². The van der Waals surface area contributed by atoms with Crippen LogP contribution in [0.3, 0.4) is 0 Å². The summed E-state index contributed by atoms with van der Waals surface area (Å²) in [6, 6.07) is 10.4. The molecule has 0 amide bonds. The van der Waals surface area contributed by atoms with Crippen molar-refractivity contribution in [1.82, 2.24) is 5.06 Å². The second kappa shape index (κ2) is 10.6. The van der Waals surface area contributed by atoms with Crippen LogP contribution in [0.5, 0.6) is 0 Å². The first-order valence-electron chi connectivity index (χ1n) is 9.42. The molecule has 2 atom stereocenters. The summed E-state index contributed by atoms with van der Waals surface area (Å²) < 4.78 is 5.42. The van der Waals surface area contributed by atoms with Gasteiger partial charge in [0.15, 0.2) is 0 Å². The summed E-state index contributed by atoms with van der Waals surface area (Å²) in [5.74, 6) is 0. The fraction of sp³-hybridized carbons (Fsp3) is 0.591. The van der Waals surface area contributed by atoms with Gasteiger partial charge in [-0.3, -0.25) is 9.63 Å². The van der Waals surface area contributed by atoms with E-state index in [0.717, 1.165) is 12.8 Å². The number of hydroxylamine groups is 2. The van der Waals surface area contributed by atoms with Crippen molar-refractivity contribution < 1.29 is 14.4 Å². The normalized spacial score (nSPS) is 23.4. The molecule has 0 aliphatic carbocycles. The highest BCUT2D eigenvalue weighted by Gasteiger charge is 2.45. The van der Waals surface area contributed by atoms with Crippen LogP contribution in [-0.4, -0.2) is 36.1 Å². The van der Waals surface area contributed by atoms with Gasteiger partial charge < -0.3 is 4.74 Å². The summed E-state index contributed by atoms with van der Waals surface area (Å²) in [5.41, 5.74) is 1.30. The number of aldehydes is 1. The standard InChI is InChI=1S/C19H31NO2.C3H4O/c1-6-19(4)14-10-13-18(2,3)20(19)22-17(15-21-5)16-11-8-7-9-12-16;1-2-3-4/h7-9,11-12,17H,6,10,13-15H2,1-5H3;2-3H,1H2. The maximum absolute atomic E-state index is 9.06. The van der Waals surface area contributed by atoms with Crippen LogP contribution >= 0.6 is 0 Å². The van der Waals surface area contributed by atoms with Crippen LogP contribution in [0.1, 0.15) is 65.0 Å². The van der Waals surface area contributed by atoms with Gasteiger partial charge in [0.05, 0.1) is 6.61 Å². The Morgan fingerprint density at radius 3 is 2.35 bits per heavy atom. The van der Waals surface area contributed by atoms with Crippen molar-refractivity contribution in [3.8, 4) is 0 Å². The van der Waals surface area contributed by atoms with Crippen molar-refractivity contribution in [3.63, 3.8) is 0 Å². The van der Waals surface area contributed by atoms with Gasteiger partial charge in [0.25, 0.3) is 0 Å². The number of piperidine rings is 1. The molecule has 1 aromatic rings. The molecular formula is C22H35NO3. The average Bonchev–Trinajstić information content (AvgIpc) is 2.64. The third-order valence-electron chi connectivity index (χ3n) is 5.12. The molecule has 0 spiro atoms. The quantitative estimate of drug-likeness (QED) is 0.500. The Morgan fingerprint density at radius 1 is 1.23 bits per heavy atom. The van der Waals surface area contributed by atoms with Crippen molar-refractivity contribution in [2.24, 2.45) is 0 Å². The lowest BCUT2D eigenvalue weighted by Crippen LogP contribution is -2.59. The van der Waals surface area contributed by atoms with Gasteiger partial charge in [0.1, 0.15) is 12.4 Å². The number of allylic oxidation sites excluding steroid dienone is 1. The van der Waals surface area contributed by atoms with Gasteiger partial charge in [-0.05, 0) is 58.1 Å². The average molecular weight is 362 g/mol. The lowest BCUT2D eigenvalue weighted by atomic mass is 9.79. The van der Waals surface area contributed by atoms with Crippen molar-refractivity contribution in [1.29, 1.82) is 0 Å². The van der Waals surface area contributed by atoms with Gasteiger partial charge in [0.2, 0.25) is 0 Å². The van der Waals surface area contributed by atoms with E-state index in [1.807, 2.05) is 6.07 Å². The van der Waals surface area contributed by atoms with Gasteiger partial charge in [-0.15, -0.1) is 0 Å². The third-order valence-corrected chi connectivity index (χ3v) is 5.12. The van der Waals surface area contributed by atoms with Crippen LogP contribution in [0.2, 0.25) is 0 Å². The summed E-state index contributed by atoms with van der Waals surface area (Å²) in [7, 11) is 1.74. The largest absolute Gasteiger partial charge is 0.382 e. The van der Waals surface area contributed by atoms with E-state index in [4.69, 9.17) is 14.4 Å². The topological polar surface area (TPSA) is 38.8 Å². The van der Waals surface area contributed by atoms with E-state index in [9.17, 15) is 0 Å². The first kappa shape index (κ1) is 22.6. The van der Waals surface area contributed by atoms with Crippen molar-refractivity contribution in [2.75, 3.05) is 13.7 Å². The van der Waals surface area contributed by atoms with Crippen LogP contribution < -0.4 is 0 Å². The first-order valence-corrected chi connectivity index (χ1v) is 9.42. The SMILES string of the molecule is C=CC=O.CCC1(C)CCCC(C)(C)N1OC(COC)c1ccccc1. The zero-order valence-corrected chi connectivity index (χ0v) is 17.0. The molecule has 0 N–H and O–H groups in total. The number of rotatable bonds is 7. The van der Waals surface area contributed by atoms with Crippen molar-refractivity contribution in [3.05, 3.63) is 48.6 Å². The smallest absolute Gasteiger partial charge is 0.142 e. The fourth-order valence-corrected chi connectivity index (χ4v) is 3.56. The molecule has 1 heterocycles. The second-order valence-electron chi connectivity index (χ2n) is 7.64. The van der Waals surface area contributed by atoms with E-state index < -0.39 is 0 Å². The molecule has 1 aliphatic heterocycles. The van der Waals surface area contributed by atoms with E-state index in [-0.39, 0.29) is 17.2 Å². The van der Waals surface area contributed by atoms with Gasteiger partial charge in [-0.1, -0.05) is 43.8 Å². The molecule has 26 heavy (non-hydrogen) atoms. The van der Waals surface area contributed by atoms with Gasteiger partial charge in [0, 0.05) is 18.2 Å². The number of hydrogen-bond donors (Lipinski definition) is 0. The molecule has 1 aromatic carbocycles. The number of carbonyl (C=O) groups is 1. The van der Waals surface area contributed by atoms with E-state index in [1.165, 1.54) is 24.5 Å². The van der Waals surface area contributed by atoms with Crippen LogP contribution in [0.25, 0.3) is 0 Å². The molecule has 1 aliphatic rings. The second-order valence-corrected chi connectivity index (χ2v) is 7.64. The maximum atomic E-state index is 9.06. The van der Waals surface area contributed by atoms with Gasteiger partial charge in [-0.2, -0.15) is 5.06 Å². The summed E-state index contributed by atoms with van der Waals surface area (Å²) in [6.45, 7) is 12.8. The maximum Gasteiger partial charge on any atom is 0.142 e. The molecule has 2 unspecified atom stereocenters. The monoisotopic (exact) mass is 361 g/mol. The molecule has 0 bridgehead atoms. The number of hydrogen-bond acceptors (Lipinski definition) is 4.